The molecule has 0 aliphatic heterocycles. The van der Waals surface area contributed by atoms with Gasteiger partial charge in [0.1, 0.15) is 5.82 Å². The van der Waals surface area contributed by atoms with E-state index in [1.54, 1.807) is 6.07 Å². The van der Waals surface area contributed by atoms with Crippen LogP contribution < -0.4 is 5.32 Å². The monoisotopic (exact) mass is 428 g/mol. The maximum absolute atomic E-state index is 13.9. The maximum atomic E-state index is 13.9. The fourth-order valence-electron chi connectivity index (χ4n) is 3.34. The minimum absolute atomic E-state index is 0.186. The fraction of sp³-hybridized carbons (Fsp3) is 0.261. The van der Waals surface area contributed by atoms with Crippen LogP contribution in [0.25, 0.3) is 10.8 Å². The normalized spacial score (nSPS) is 11.7. The Hall–Kier alpha value is -2.77. The summed E-state index contributed by atoms with van der Waals surface area (Å²) in [6.07, 6.45) is 2.54. The van der Waals surface area contributed by atoms with E-state index in [4.69, 9.17) is 0 Å². The van der Waals surface area contributed by atoms with Crippen molar-refractivity contribution in [3.05, 3.63) is 83.7 Å². The van der Waals surface area contributed by atoms with E-state index in [0.29, 0.717) is 6.54 Å². The Balaban J connectivity index is 1.54. The molecule has 3 aromatic rings. The molecule has 30 heavy (non-hydrogen) atoms. The van der Waals surface area contributed by atoms with Crippen LogP contribution in [0, 0.1) is 5.82 Å². The summed E-state index contributed by atoms with van der Waals surface area (Å²) in [4.78, 5) is 12.3. The highest BCUT2D eigenvalue weighted by Gasteiger charge is 2.21. The highest BCUT2D eigenvalue weighted by atomic mass is 32.2. The largest absolute Gasteiger partial charge is 0.355 e. The zero-order valence-electron chi connectivity index (χ0n) is 16.8. The second-order valence-corrected chi connectivity index (χ2v) is 9.20. The van der Waals surface area contributed by atoms with Gasteiger partial charge in [0.2, 0.25) is 15.9 Å². The summed E-state index contributed by atoms with van der Waals surface area (Å²) < 4.78 is 38.9. The van der Waals surface area contributed by atoms with Crippen LogP contribution in [0.5, 0.6) is 0 Å². The van der Waals surface area contributed by atoms with Gasteiger partial charge in [0.05, 0.1) is 12.8 Å². The smallest absolute Gasteiger partial charge is 0.235 e. The lowest BCUT2D eigenvalue weighted by atomic mass is 10.0. The van der Waals surface area contributed by atoms with E-state index in [9.17, 15) is 17.6 Å². The molecule has 0 fully saturated rings. The number of nitrogens with one attached hydrogen (secondary N) is 1. The molecule has 0 spiro atoms. The number of rotatable bonds is 9. The molecule has 0 atom stereocenters. The van der Waals surface area contributed by atoms with Gasteiger partial charge in [-0.05, 0) is 35.2 Å². The molecule has 0 radical (unpaired) electrons. The Bertz CT molecular complexity index is 1130. The summed E-state index contributed by atoms with van der Waals surface area (Å²) in [6.45, 7) is -0.101. The maximum Gasteiger partial charge on any atom is 0.235 e. The molecule has 7 heteroatoms. The van der Waals surface area contributed by atoms with Gasteiger partial charge in [0, 0.05) is 18.7 Å². The van der Waals surface area contributed by atoms with E-state index in [1.807, 2.05) is 18.2 Å². The molecular formula is C23H25FN2O3S. The number of hydrogen-bond donors (Lipinski definition) is 1. The molecule has 0 unspecified atom stereocenters. The molecule has 0 saturated carbocycles. The summed E-state index contributed by atoms with van der Waals surface area (Å²) >= 11 is 0. The average Bonchev–Trinajstić information content (AvgIpc) is 2.71. The van der Waals surface area contributed by atoms with Crippen LogP contribution in [-0.2, 0) is 27.8 Å². The molecule has 1 amide bonds. The van der Waals surface area contributed by atoms with Crippen LogP contribution in [0.1, 0.15) is 17.5 Å². The quantitative estimate of drug-likeness (QED) is 0.531. The minimum Gasteiger partial charge on any atom is -0.355 e. The number of aryl methyl sites for hydroxylation is 1. The Kier molecular flexibility index (Phi) is 7.18. The summed E-state index contributed by atoms with van der Waals surface area (Å²) in [7, 11) is -3.67. The number of benzene rings is 3. The van der Waals surface area contributed by atoms with E-state index < -0.39 is 21.7 Å². The first-order valence-corrected chi connectivity index (χ1v) is 11.6. The number of sulfonamides is 1. The lowest BCUT2D eigenvalue weighted by Crippen LogP contribution is -2.40. The molecule has 0 aliphatic carbocycles. The zero-order valence-corrected chi connectivity index (χ0v) is 17.7. The number of halogens is 1. The standard InChI is InChI=1S/C23H25FN2O3S/c1-30(28,29)26(16-20-9-3-5-14-22(20)24)17-23(27)25-15-7-12-19-11-6-10-18-8-2-4-13-21(18)19/h2-6,8-11,13-14H,7,12,15-17H2,1H3,(H,25,27). The van der Waals surface area contributed by atoms with Gasteiger partial charge in [-0.1, -0.05) is 60.7 Å². The third kappa shape index (κ3) is 5.87. The van der Waals surface area contributed by atoms with Crippen molar-refractivity contribution >= 4 is 26.7 Å². The molecule has 0 bridgehead atoms. The number of fused-ring (bicyclic) bond motifs is 1. The summed E-state index contributed by atoms with van der Waals surface area (Å²) in [6, 6.07) is 20.2. The van der Waals surface area contributed by atoms with Crippen molar-refractivity contribution in [1.29, 1.82) is 0 Å². The SMILES string of the molecule is CS(=O)(=O)N(CC(=O)NCCCc1cccc2ccccc12)Cc1ccccc1F. The van der Waals surface area contributed by atoms with Crippen molar-refractivity contribution in [3.8, 4) is 0 Å². The van der Waals surface area contributed by atoms with Crippen LogP contribution in [-0.4, -0.2) is 38.0 Å². The number of hydrogen-bond acceptors (Lipinski definition) is 3. The first kappa shape index (κ1) is 21.9. The van der Waals surface area contributed by atoms with Crippen molar-refractivity contribution in [3.63, 3.8) is 0 Å². The van der Waals surface area contributed by atoms with Crippen molar-refractivity contribution in [1.82, 2.24) is 9.62 Å². The van der Waals surface area contributed by atoms with Gasteiger partial charge in [-0.2, -0.15) is 4.31 Å². The van der Waals surface area contributed by atoms with Crippen LogP contribution in [0.15, 0.2) is 66.7 Å². The Morgan fingerprint density at radius 2 is 1.63 bits per heavy atom. The highest BCUT2D eigenvalue weighted by Crippen LogP contribution is 2.19. The predicted molar refractivity (Wildman–Crippen MR) is 117 cm³/mol. The Morgan fingerprint density at radius 3 is 2.40 bits per heavy atom. The molecule has 3 aromatic carbocycles. The van der Waals surface area contributed by atoms with Gasteiger partial charge in [0.15, 0.2) is 0 Å². The first-order chi connectivity index (χ1) is 14.3. The van der Waals surface area contributed by atoms with Gasteiger partial charge in [-0.25, -0.2) is 12.8 Å². The van der Waals surface area contributed by atoms with Crippen LogP contribution in [0.4, 0.5) is 4.39 Å². The molecule has 5 nitrogen and oxygen atoms in total. The van der Waals surface area contributed by atoms with Gasteiger partial charge in [-0.3, -0.25) is 4.79 Å². The van der Waals surface area contributed by atoms with Gasteiger partial charge >= 0.3 is 0 Å². The molecule has 0 aliphatic rings. The second kappa shape index (κ2) is 9.82. The topological polar surface area (TPSA) is 66.5 Å². The van der Waals surface area contributed by atoms with E-state index in [0.717, 1.165) is 23.4 Å². The molecule has 0 heterocycles. The molecule has 0 aromatic heterocycles. The fourth-order valence-corrected chi connectivity index (χ4v) is 4.07. The Morgan fingerprint density at radius 1 is 0.967 bits per heavy atom. The molecular weight excluding hydrogens is 403 g/mol. The van der Waals surface area contributed by atoms with E-state index >= 15 is 0 Å². The van der Waals surface area contributed by atoms with E-state index in [-0.39, 0.29) is 18.7 Å². The Labute approximate surface area is 176 Å². The zero-order chi connectivity index (χ0) is 21.6. The number of amides is 1. The molecule has 0 saturated heterocycles. The first-order valence-electron chi connectivity index (χ1n) is 9.76. The lowest BCUT2D eigenvalue weighted by Gasteiger charge is -2.20. The average molecular weight is 429 g/mol. The molecule has 3 rings (SSSR count). The number of nitrogens with zero attached hydrogens (tertiary/aromatic N) is 1. The summed E-state index contributed by atoms with van der Waals surface area (Å²) in [5, 5.41) is 5.14. The van der Waals surface area contributed by atoms with E-state index in [2.05, 4.69) is 29.6 Å². The highest BCUT2D eigenvalue weighted by molar-refractivity contribution is 7.88. The number of carbonyl (C=O) groups is 1. The van der Waals surface area contributed by atoms with Gasteiger partial charge in [-0.15, -0.1) is 0 Å². The van der Waals surface area contributed by atoms with Crippen molar-refractivity contribution in [2.45, 2.75) is 19.4 Å². The second-order valence-electron chi connectivity index (χ2n) is 7.21. The minimum atomic E-state index is -3.67. The van der Waals surface area contributed by atoms with Gasteiger partial charge < -0.3 is 5.32 Å². The molecule has 158 valence electrons. The summed E-state index contributed by atoms with van der Waals surface area (Å²) in [5.41, 5.74) is 1.44. The van der Waals surface area contributed by atoms with Crippen LogP contribution in [0.2, 0.25) is 0 Å². The molecule has 1 N–H and O–H groups in total. The van der Waals surface area contributed by atoms with Gasteiger partial charge in [0.25, 0.3) is 0 Å². The lowest BCUT2D eigenvalue weighted by molar-refractivity contribution is -0.121. The third-order valence-corrected chi connectivity index (χ3v) is 6.11. The van der Waals surface area contributed by atoms with Crippen LogP contribution in [0.3, 0.4) is 0 Å². The third-order valence-electron chi connectivity index (χ3n) is 4.92. The summed E-state index contributed by atoms with van der Waals surface area (Å²) in [5.74, 6) is -0.906. The van der Waals surface area contributed by atoms with Crippen molar-refractivity contribution in [2.75, 3.05) is 19.3 Å². The van der Waals surface area contributed by atoms with Crippen molar-refractivity contribution < 1.29 is 17.6 Å². The van der Waals surface area contributed by atoms with Crippen molar-refractivity contribution in [2.24, 2.45) is 0 Å². The number of carbonyl (C=O) groups excluding carboxylic acids is 1. The van der Waals surface area contributed by atoms with Crippen LogP contribution >= 0.6 is 0 Å². The predicted octanol–water partition coefficient (Wildman–Crippen LogP) is 3.49. The van der Waals surface area contributed by atoms with E-state index in [1.165, 1.54) is 34.5 Å².